The van der Waals surface area contributed by atoms with Crippen molar-refractivity contribution >= 4 is 11.9 Å². The minimum atomic E-state index is -0.118. The summed E-state index contributed by atoms with van der Waals surface area (Å²) in [6.45, 7) is 7.31. The Labute approximate surface area is 149 Å². The molecule has 1 aromatic carbocycles. The van der Waals surface area contributed by atoms with Crippen LogP contribution in [0.25, 0.3) is 0 Å². The topological polar surface area (TPSA) is 49.9 Å². The summed E-state index contributed by atoms with van der Waals surface area (Å²) in [5.41, 5.74) is 2.73. The summed E-state index contributed by atoms with van der Waals surface area (Å²) in [7, 11) is 0. The molecule has 0 aliphatic carbocycles. The molecule has 25 heavy (non-hydrogen) atoms. The van der Waals surface area contributed by atoms with Gasteiger partial charge in [0, 0.05) is 26.2 Å². The van der Waals surface area contributed by atoms with Crippen molar-refractivity contribution in [3.05, 3.63) is 35.4 Å². The number of hydrogen-bond donors (Lipinski definition) is 0. The fraction of sp³-hybridized carbons (Fsp3) is 0.600. The third-order valence-electron chi connectivity index (χ3n) is 5.49. The lowest BCUT2D eigenvalue weighted by atomic mass is 9.95. The van der Waals surface area contributed by atoms with Gasteiger partial charge < -0.3 is 9.64 Å². The highest BCUT2D eigenvalue weighted by Crippen LogP contribution is 2.23. The van der Waals surface area contributed by atoms with Gasteiger partial charge in [-0.1, -0.05) is 24.3 Å². The van der Waals surface area contributed by atoms with Crippen LogP contribution in [0.15, 0.2) is 24.3 Å². The first kappa shape index (κ1) is 17.9. The fourth-order valence-electron chi connectivity index (χ4n) is 3.86. The summed E-state index contributed by atoms with van der Waals surface area (Å²) in [4.78, 5) is 28.9. The maximum Gasteiger partial charge on any atom is 0.309 e. The van der Waals surface area contributed by atoms with Crippen LogP contribution in [-0.4, -0.2) is 54.0 Å². The Balaban J connectivity index is 1.54. The van der Waals surface area contributed by atoms with Crippen LogP contribution >= 0.6 is 0 Å². The van der Waals surface area contributed by atoms with Gasteiger partial charge in [-0.05, 0) is 44.2 Å². The highest BCUT2D eigenvalue weighted by molar-refractivity contribution is 5.82. The van der Waals surface area contributed by atoms with Gasteiger partial charge in [0.15, 0.2) is 0 Å². The maximum absolute atomic E-state index is 12.9. The summed E-state index contributed by atoms with van der Waals surface area (Å²) < 4.78 is 5.10. The molecule has 1 saturated heterocycles. The predicted octanol–water partition coefficient (Wildman–Crippen LogP) is 2.23. The molecule has 136 valence electrons. The van der Waals surface area contributed by atoms with E-state index in [1.807, 2.05) is 18.7 Å². The Kier molecular flexibility index (Phi) is 5.74. The second-order valence-corrected chi connectivity index (χ2v) is 7.02. The first-order valence-corrected chi connectivity index (χ1v) is 9.36. The van der Waals surface area contributed by atoms with Crippen molar-refractivity contribution in [1.82, 2.24) is 9.80 Å². The van der Waals surface area contributed by atoms with Gasteiger partial charge in [0.05, 0.1) is 18.6 Å². The molecule has 1 fully saturated rings. The van der Waals surface area contributed by atoms with Gasteiger partial charge in [-0.3, -0.25) is 14.5 Å². The van der Waals surface area contributed by atoms with E-state index < -0.39 is 0 Å². The van der Waals surface area contributed by atoms with Crippen LogP contribution < -0.4 is 0 Å². The maximum atomic E-state index is 12.9. The smallest absolute Gasteiger partial charge is 0.309 e. The highest BCUT2D eigenvalue weighted by Gasteiger charge is 2.32. The molecule has 0 saturated carbocycles. The number of likely N-dealkylation sites (tertiary alicyclic amines) is 1. The molecule has 1 unspecified atom stereocenters. The predicted molar refractivity (Wildman–Crippen MR) is 96.0 cm³/mol. The second kappa shape index (κ2) is 8.00. The minimum absolute atomic E-state index is 0.0545. The van der Waals surface area contributed by atoms with E-state index in [1.54, 1.807) is 0 Å². The van der Waals surface area contributed by atoms with Crippen molar-refractivity contribution < 1.29 is 14.3 Å². The molecule has 3 rings (SSSR count). The lowest BCUT2D eigenvalue weighted by Crippen LogP contribution is -2.51. The van der Waals surface area contributed by atoms with Crippen molar-refractivity contribution in [3.63, 3.8) is 0 Å². The number of amides is 1. The molecule has 0 aromatic heterocycles. The quantitative estimate of drug-likeness (QED) is 0.786. The Morgan fingerprint density at radius 1 is 1.16 bits per heavy atom. The molecule has 2 heterocycles. The van der Waals surface area contributed by atoms with Gasteiger partial charge >= 0.3 is 5.97 Å². The highest BCUT2D eigenvalue weighted by atomic mass is 16.5. The van der Waals surface area contributed by atoms with Crippen LogP contribution in [0.1, 0.15) is 37.8 Å². The summed E-state index contributed by atoms with van der Waals surface area (Å²) in [6, 6.07) is 8.36. The Hall–Kier alpha value is -1.88. The Bertz CT molecular complexity index is 623. The number of esters is 1. The molecular formula is C20H28N2O3. The summed E-state index contributed by atoms with van der Waals surface area (Å²) >= 11 is 0. The molecule has 0 bridgehead atoms. The van der Waals surface area contributed by atoms with E-state index in [1.165, 1.54) is 11.1 Å². The van der Waals surface area contributed by atoms with E-state index in [-0.39, 0.29) is 23.8 Å². The van der Waals surface area contributed by atoms with Crippen molar-refractivity contribution in [2.45, 2.75) is 45.7 Å². The molecule has 0 spiro atoms. The SMILES string of the molecule is CCOC(=O)C1CCN(C(=O)C(C)N2CCc3ccccc3C2)CC1. The number of fused-ring (bicyclic) bond motifs is 1. The standard InChI is InChI=1S/C20H28N2O3/c1-3-25-20(24)17-9-11-21(12-10-17)19(23)15(2)22-13-8-16-6-4-5-7-18(16)14-22/h4-7,15,17H,3,8-14H2,1-2H3. The summed E-state index contributed by atoms with van der Waals surface area (Å²) in [5, 5.41) is 0. The first-order valence-electron chi connectivity index (χ1n) is 9.36. The van der Waals surface area contributed by atoms with Crippen molar-refractivity contribution in [2.75, 3.05) is 26.2 Å². The molecule has 1 atom stereocenters. The third-order valence-corrected chi connectivity index (χ3v) is 5.49. The number of rotatable bonds is 4. The summed E-state index contributed by atoms with van der Waals surface area (Å²) in [5.74, 6) is 0.0122. The van der Waals surface area contributed by atoms with E-state index in [2.05, 4.69) is 29.2 Å². The minimum Gasteiger partial charge on any atom is -0.466 e. The Morgan fingerprint density at radius 3 is 2.52 bits per heavy atom. The van der Waals surface area contributed by atoms with E-state index in [0.29, 0.717) is 32.5 Å². The van der Waals surface area contributed by atoms with Crippen molar-refractivity contribution in [3.8, 4) is 0 Å². The zero-order chi connectivity index (χ0) is 17.8. The van der Waals surface area contributed by atoms with Crippen LogP contribution in [0.4, 0.5) is 0 Å². The van der Waals surface area contributed by atoms with E-state index in [4.69, 9.17) is 4.74 Å². The number of piperidine rings is 1. The van der Waals surface area contributed by atoms with Crippen molar-refractivity contribution in [1.29, 1.82) is 0 Å². The molecule has 2 aliphatic rings. The van der Waals surface area contributed by atoms with Gasteiger partial charge in [-0.25, -0.2) is 0 Å². The number of benzene rings is 1. The number of carbonyl (C=O) groups is 2. The zero-order valence-corrected chi connectivity index (χ0v) is 15.2. The number of ether oxygens (including phenoxy) is 1. The van der Waals surface area contributed by atoms with Crippen LogP contribution in [-0.2, 0) is 27.3 Å². The third kappa shape index (κ3) is 4.03. The van der Waals surface area contributed by atoms with E-state index in [0.717, 1.165) is 19.5 Å². The number of carbonyl (C=O) groups excluding carboxylic acids is 2. The van der Waals surface area contributed by atoms with E-state index >= 15 is 0 Å². The van der Waals surface area contributed by atoms with Gasteiger partial charge in [0.2, 0.25) is 5.91 Å². The normalized spacial score (nSPS) is 20.0. The van der Waals surface area contributed by atoms with Gasteiger partial charge in [-0.15, -0.1) is 0 Å². The molecule has 5 nitrogen and oxygen atoms in total. The average Bonchev–Trinajstić information content (AvgIpc) is 2.66. The van der Waals surface area contributed by atoms with Gasteiger partial charge in [-0.2, -0.15) is 0 Å². The molecule has 1 aromatic rings. The molecular weight excluding hydrogens is 316 g/mol. The van der Waals surface area contributed by atoms with Crippen LogP contribution in [0, 0.1) is 5.92 Å². The molecule has 0 N–H and O–H groups in total. The molecule has 1 amide bonds. The Morgan fingerprint density at radius 2 is 1.84 bits per heavy atom. The zero-order valence-electron chi connectivity index (χ0n) is 15.2. The van der Waals surface area contributed by atoms with Gasteiger partial charge in [0.25, 0.3) is 0 Å². The molecule has 2 aliphatic heterocycles. The number of nitrogens with zero attached hydrogens (tertiary/aromatic N) is 2. The largest absolute Gasteiger partial charge is 0.466 e. The number of hydrogen-bond acceptors (Lipinski definition) is 4. The molecule has 5 heteroatoms. The van der Waals surface area contributed by atoms with Crippen molar-refractivity contribution in [2.24, 2.45) is 5.92 Å². The van der Waals surface area contributed by atoms with Crippen LogP contribution in [0.5, 0.6) is 0 Å². The lowest BCUT2D eigenvalue weighted by molar-refractivity contribution is -0.152. The summed E-state index contributed by atoms with van der Waals surface area (Å²) in [6.07, 6.45) is 2.42. The van der Waals surface area contributed by atoms with Gasteiger partial charge in [0.1, 0.15) is 0 Å². The van der Waals surface area contributed by atoms with E-state index in [9.17, 15) is 9.59 Å². The van der Waals surface area contributed by atoms with Crippen LogP contribution in [0.3, 0.4) is 0 Å². The monoisotopic (exact) mass is 344 g/mol. The average molecular weight is 344 g/mol. The molecule has 0 radical (unpaired) electrons. The van der Waals surface area contributed by atoms with Crippen LogP contribution in [0.2, 0.25) is 0 Å². The fourth-order valence-corrected chi connectivity index (χ4v) is 3.86. The first-order chi connectivity index (χ1) is 12.1. The second-order valence-electron chi connectivity index (χ2n) is 7.02. The lowest BCUT2D eigenvalue weighted by Gasteiger charge is -2.38.